The fraction of sp³-hybridized carbons (Fsp3) is 0.500. The van der Waals surface area contributed by atoms with Gasteiger partial charge in [-0.25, -0.2) is 4.98 Å². The third-order valence-corrected chi connectivity index (χ3v) is 5.22. The third-order valence-electron chi connectivity index (χ3n) is 4.80. The predicted molar refractivity (Wildman–Crippen MR) is 104 cm³/mol. The van der Waals surface area contributed by atoms with Gasteiger partial charge < -0.3 is 23.9 Å². The van der Waals surface area contributed by atoms with Gasteiger partial charge in [-0.15, -0.1) is 0 Å². The van der Waals surface area contributed by atoms with Gasteiger partial charge >= 0.3 is 0 Å². The maximum Gasteiger partial charge on any atom is 0.289 e. The Morgan fingerprint density at radius 3 is 2.44 bits per heavy atom. The van der Waals surface area contributed by atoms with E-state index in [2.05, 4.69) is 30.7 Å². The number of ether oxygens (including phenoxy) is 1. The number of morpholine rings is 1. The Hall–Kier alpha value is -2.13. The second kappa shape index (κ2) is 7.85. The molecule has 8 nitrogen and oxygen atoms in total. The first kappa shape index (κ1) is 18.2. The zero-order chi connectivity index (χ0) is 18.8. The van der Waals surface area contributed by atoms with Crippen LogP contribution >= 0.6 is 15.9 Å². The fourth-order valence-electron chi connectivity index (χ4n) is 3.33. The van der Waals surface area contributed by atoms with Gasteiger partial charge in [0.2, 0.25) is 5.95 Å². The minimum absolute atomic E-state index is 0.0757. The molecule has 0 aromatic carbocycles. The number of aryl methyl sites for hydroxylation is 1. The van der Waals surface area contributed by atoms with Gasteiger partial charge in [0.15, 0.2) is 10.4 Å². The third kappa shape index (κ3) is 4.08. The van der Waals surface area contributed by atoms with Gasteiger partial charge in [0.25, 0.3) is 5.91 Å². The Labute approximate surface area is 166 Å². The maximum atomic E-state index is 12.5. The summed E-state index contributed by atoms with van der Waals surface area (Å²) in [4.78, 5) is 28.1. The topological polar surface area (TPSA) is 74.9 Å². The number of anilines is 2. The van der Waals surface area contributed by atoms with Gasteiger partial charge in [0.05, 0.1) is 13.2 Å². The largest absolute Gasteiger partial charge is 0.444 e. The highest BCUT2D eigenvalue weighted by molar-refractivity contribution is 9.10. The highest BCUT2D eigenvalue weighted by Crippen LogP contribution is 2.21. The van der Waals surface area contributed by atoms with E-state index in [0.29, 0.717) is 36.7 Å². The molecular formula is C18H22BrN5O3. The van der Waals surface area contributed by atoms with Gasteiger partial charge in [-0.3, -0.25) is 4.79 Å². The van der Waals surface area contributed by atoms with E-state index < -0.39 is 0 Å². The van der Waals surface area contributed by atoms with Crippen molar-refractivity contribution in [2.24, 2.45) is 0 Å². The molecule has 2 aromatic rings. The van der Waals surface area contributed by atoms with Gasteiger partial charge in [-0.05, 0) is 35.0 Å². The normalized spacial score (nSPS) is 18.1. The van der Waals surface area contributed by atoms with Crippen LogP contribution in [0.2, 0.25) is 0 Å². The number of rotatable bonds is 3. The second-order valence-electron chi connectivity index (χ2n) is 6.65. The lowest BCUT2D eigenvalue weighted by atomic mass is 10.2. The molecule has 2 fully saturated rings. The smallest absolute Gasteiger partial charge is 0.289 e. The minimum Gasteiger partial charge on any atom is -0.444 e. The molecule has 27 heavy (non-hydrogen) atoms. The van der Waals surface area contributed by atoms with Crippen molar-refractivity contribution in [2.45, 2.75) is 6.92 Å². The summed E-state index contributed by atoms with van der Waals surface area (Å²) >= 11 is 3.24. The molecule has 144 valence electrons. The molecule has 2 aliphatic rings. The van der Waals surface area contributed by atoms with Crippen LogP contribution in [0, 0.1) is 6.92 Å². The van der Waals surface area contributed by atoms with Crippen molar-refractivity contribution in [1.82, 2.24) is 14.9 Å². The summed E-state index contributed by atoms with van der Waals surface area (Å²) in [5.41, 5.74) is 0.945. The van der Waals surface area contributed by atoms with E-state index in [1.165, 1.54) is 0 Å². The number of halogens is 1. The van der Waals surface area contributed by atoms with E-state index in [9.17, 15) is 4.79 Å². The van der Waals surface area contributed by atoms with Crippen molar-refractivity contribution in [3.63, 3.8) is 0 Å². The monoisotopic (exact) mass is 435 g/mol. The van der Waals surface area contributed by atoms with Gasteiger partial charge in [-0.2, -0.15) is 4.98 Å². The van der Waals surface area contributed by atoms with Gasteiger partial charge in [-0.1, -0.05) is 0 Å². The molecule has 0 bridgehead atoms. The molecule has 0 spiro atoms. The van der Waals surface area contributed by atoms with E-state index in [-0.39, 0.29) is 5.91 Å². The Bertz CT molecular complexity index is 813. The van der Waals surface area contributed by atoms with E-state index in [1.807, 2.05) is 17.9 Å². The lowest BCUT2D eigenvalue weighted by Crippen LogP contribution is -2.49. The van der Waals surface area contributed by atoms with E-state index in [1.54, 1.807) is 12.1 Å². The Balaban J connectivity index is 1.43. The van der Waals surface area contributed by atoms with Crippen molar-refractivity contribution >= 4 is 33.6 Å². The number of aromatic nitrogens is 2. The Kier molecular flexibility index (Phi) is 5.31. The van der Waals surface area contributed by atoms with Gasteiger partial charge in [0.1, 0.15) is 5.82 Å². The van der Waals surface area contributed by atoms with Crippen LogP contribution in [0.1, 0.15) is 16.2 Å². The van der Waals surface area contributed by atoms with E-state index in [4.69, 9.17) is 14.1 Å². The van der Waals surface area contributed by atoms with Crippen LogP contribution in [0.15, 0.2) is 27.3 Å². The molecule has 0 aliphatic carbocycles. The molecule has 0 N–H and O–H groups in total. The van der Waals surface area contributed by atoms with Crippen LogP contribution in [0.3, 0.4) is 0 Å². The molecule has 0 unspecified atom stereocenters. The number of amides is 1. The summed E-state index contributed by atoms with van der Waals surface area (Å²) in [6.07, 6.45) is 0. The predicted octanol–water partition coefficient (Wildman–Crippen LogP) is 1.94. The summed E-state index contributed by atoms with van der Waals surface area (Å²) in [5, 5.41) is 0. The number of carbonyl (C=O) groups is 1. The summed E-state index contributed by atoms with van der Waals surface area (Å²) in [7, 11) is 0. The van der Waals surface area contributed by atoms with Crippen LogP contribution in [0.5, 0.6) is 0 Å². The molecular weight excluding hydrogens is 414 g/mol. The average molecular weight is 436 g/mol. The lowest BCUT2D eigenvalue weighted by molar-refractivity contribution is 0.0713. The van der Waals surface area contributed by atoms with E-state index >= 15 is 0 Å². The number of nitrogens with zero attached hydrogens (tertiary/aromatic N) is 5. The highest BCUT2D eigenvalue weighted by Gasteiger charge is 2.25. The maximum absolute atomic E-state index is 12.5. The molecule has 4 rings (SSSR count). The van der Waals surface area contributed by atoms with Crippen LogP contribution in [0.4, 0.5) is 11.8 Å². The summed E-state index contributed by atoms with van der Waals surface area (Å²) in [5.74, 6) is 1.96. The molecule has 2 aliphatic heterocycles. The second-order valence-corrected chi connectivity index (χ2v) is 7.43. The number of hydrogen-bond acceptors (Lipinski definition) is 7. The van der Waals surface area contributed by atoms with Crippen LogP contribution in [0.25, 0.3) is 0 Å². The molecule has 4 heterocycles. The number of piperazine rings is 1. The summed E-state index contributed by atoms with van der Waals surface area (Å²) in [6.45, 7) is 7.74. The van der Waals surface area contributed by atoms with Gasteiger partial charge in [0, 0.05) is 51.0 Å². The average Bonchev–Trinajstić information content (AvgIpc) is 3.14. The molecule has 9 heteroatoms. The Morgan fingerprint density at radius 1 is 1.04 bits per heavy atom. The number of hydrogen-bond donors (Lipinski definition) is 0. The van der Waals surface area contributed by atoms with Crippen LogP contribution in [-0.2, 0) is 4.74 Å². The zero-order valence-electron chi connectivity index (χ0n) is 15.2. The Morgan fingerprint density at radius 2 is 1.78 bits per heavy atom. The van der Waals surface area contributed by atoms with Crippen LogP contribution < -0.4 is 9.80 Å². The molecule has 0 atom stereocenters. The quantitative estimate of drug-likeness (QED) is 0.728. The van der Waals surface area contributed by atoms with Crippen molar-refractivity contribution in [3.05, 3.63) is 34.3 Å². The molecule has 1 amide bonds. The minimum atomic E-state index is -0.0757. The molecule has 0 radical (unpaired) electrons. The first-order valence-corrected chi connectivity index (χ1v) is 9.87. The van der Waals surface area contributed by atoms with Crippen molar-refractivity contribution in [1.29, 1.82) is 0 Å². The first-order chi connectivity index (χ1) is 13.1. The van der Waals surface area contributed by atoms with E-state index in [0.717, 1.165) is 43.6 Å². The molecule has 2 aromatic heterocycles. The first-order valence-electron chi connectivity index (χ1n) is 9.08. The molecule has 0 saturated carbocycles. The fourth-order valence-corrected chi connectivity index (χ4v) is 3.63. The highest BCUT2D eigenvalue weighted by atomic mass is 79.9. The molecule has 2 saturated heterocycles. The summed E-state index contributed by atoms with van der Waals surface area (Å²) < 4.78 is 11.4. The van der Waals surface area contributed by atoms with Crippen molar-refractivity contribution < 1.29 is 13.9 Å². The number of furan rings is 1. The van der Waals surface area contributed by atoms with Crippen molar-refractivity contribution in [3.8, 4) is 0 Å². The lowest BCUT2D eigenvalue weighted by Gasteiger charge is -2.35. The van der Waals surface area contributed by atoms with Crippen molar-refractivity contribution in [2.75, 3.05) is 62.3 Å². The van der Waals surface area contributed by atoms with Crippen LogP contribution in [-0.4, -0.2) is 73.3 Å². The SMILES string of the molecule is Cc1cc(N2CCN(C(=O)c3ccc(Br)o3)CC2)nc(N2CCOCC2)n1. The summed E-state index contributed by atoms with van der Waals surface area (Å²) in [6, 6.07) is 5.44. The number of carbonyl (C=O) groups excluding carboxylic acids is 1. The zero-order valence-corrected chi connectivity index (χ0v) is 16.8. The standard InChI is InChI=1S/C18H22BrN5O3/c1-13-12-16(21-18(20-13)24-8-10-26-11-9-24)22-4-6-23(7-5-22)17(25)14-2-3-15(19)27-14/h2-3,12H,4-11H2,1H3.